The molecule has 2 nitrogen and oxygen atoms in total. The second kappa shape index (κ2) is 3.38. The van der Waals surface area contributed by atoms with Crippen LogP contribution in [-0.2, 0) is 0 Å². The van der Waals surface area contributed by atoms with Gasteiger partial charge in [0.25, 0.3) is 0 Å². The van der Waals surface area contributed by atoms with Crippen molar-refractivity contribution in [2.45, 2.75) is 43.9 Å². The fourth-order valence-electron chi connectivity index (χ4n) is 1.16. The summed E-state index contributed by atoms with van der Waals surface area (Å²) < 4.78 is 37.5. The minimum absolute atomic E-state index is 0.205. The standard InChI is InChI=1S/C9H17F3N2/c1-7(2,13-3)6-14-8(4-5-8)9(10,11)12/h13-14H,4-6H2,1-3H3. The van der Waals surface area contributed by atoms with Gasteiger partial charge in [-0.3, -0.25) is 0 Å². The molecule has 0 aromatic rings. The van der Waals surface area contributed by atoms with Crippen molar-refractivity contribution in [2.24, 2.45) is 0 Å². The van der Waals surface area contributed by atoms with Gasteiger partial charge >= 0.3 is 6.18 Å². The summed E-state index contributed by atoms with van der Waals surface area (Å²) in [6, 6.07) is 0. The van der Waals surface area contributed by atoms with Crippen LogP contribution in [0.3, 0.4) is 0 Å². The van der Waals surface area contributed by atoms with Crippen LogP contribution in [0.1, 0.15) is 26.7 Å². The number of likely N-dealkylation sites (N-methyl/N-ethyl adjacent to an activating group) is 1. The molecular weight excluding hydrogens is 193 g/mol. The zero-order chi connectivity index (χ0) is 11.0. The van der Waals surface area contributed by atoms with E-state index in [9.17, 15) is 13.2 Å². The highest BCUT2D eigenvalue weighted by atomic mass is 19.4. The summed E-state index contributed by atoms with van der Waals surface area (Å²) in [6.07, 6.45) is -3.70. The predicted octanol–water partition coefficient (Wildman–Crippen LogP) is 1.67. The van der Waals surface area contributed by atoms with E-state index < -0.39 is 11.7 Å². The Labute approximate surface area is 82.2 Å². The summed E-state index contributed by atoms with van der Waals surface area (Å²) in [4.78, 5) is 0. The van der Waals surface area contributed by atoms with Crippen LogP contribution in [0.15, 0.2) is 0 Å². The Bertz CT molecular complexity index is 207. The SMILES string of the molecule is CNC(C)(C)CNC1(C(F)(F)F)CC1. The molecule has 0 saturated heterocycles. The Hall–Kier alpha value is -0.290. The second-order valence-electron chi connectivity index (χ2n) is 4.57. The van der Waals surface area contributed by atoms with Crippen molar-refractivity contribution in [2.75, 3.05) is 13.6 Å². The molecule has 0 heterocycles. The van der Waals surface area contributed by atoms with E-state index in [4.69, 9.17) is 0 Å². The lowest BCUT2D eigenvalue weighted by Gasteiger charge is -2.29. The molecule has 0 amide bonds. The van der Waals surface area contributed by atoms with Gasteiger partial charge in [-0.1, -0.05) is 0 Å². The van der Waals surface area contributed by atoms with Crippen LogP contribution in [0.25, 0.3) is 0 Å². The third kappa shape index (κ3) is 2.39. The lowest BCUT2D eigenvalue weighted by atomic mass is 10.1. The van der Waals surface area contributed by atoms with Crippen molar-refractivity contribution in [3.63, 3.8) is 0 Å². The molecule has 0 aromatic carbocycles. The summed E-state index contributed by atoms with van der Waals surface area (Å²) in [5.41, 5.74) is -1.90. The molecule has 0 aromatic heterocycles. The molecule has 0 bridgehead atoms. The van der Waals surface area contributed by atoms with Gasteiger partial charge in [0.05, 0.1) is 0 Å². The Morgan fingerprint density at radius 1 is 1.21 bits per heavy atom. The minimum atomic E-state index is -4.11. The number of halogens is 3. The third-order valence-corrected chi connectivity index (χ3v) is 2.84. The molecule has 1 rings (SSSR count). The van der Waals surface area contributed by atoms with Crippen molar-refractivity contribution < 1.29 is 13.2 Å². The van der Waals surface area contributed by atoms with Crippen molar-refractivity contribution in [1.82, 2.24) is 10.6 Å². The Morgan fingerprint density at radius 2 is 1.71 bits per heavy atom. The highest BCUT2D eigenvalue weighted by Gasteiger charge is 2.63. The molecule has 1 saturated carbocycles. The number of nitrogens with one attached hydrogen (secondary N) is 2. The van der Waals surface area contributed by atoms with E-state index in [0.717, 1.165) is 0 Å². The van der Waals surface area contributed by atoms with Gasteiger partial charge in [-0.05, 0) is 33.7 Å². The fraction of sp³-hybridized carbons (Fsp3) is 1.00. The van der Waals surface area contributed by atoms with E-state index in [-0.39, 0.29) is 18.4 Å². The maximum Gasteiger partial charge on any atom is 0.406 e. The smallest absolute Gasteiger partial charge is 0.314 e. The van der Waals surface area contributed by atoms with Crippen molar-refractivity contribution in [3.8, 4) is 0 Å². The first-order chi connectivity index (χ1) is 6.22. The fourth-order valence-corrected chi connectivity index (χ4v) is 1.16. The predicted molar refractivity (Wildman–Crippen MR) is 49.2 cm³/mol. The van der Waals surface area contributed by atoms with Gasteiger partial charge in [-0.2, -0.15) is 13.2 Å². The van der Waals surface area contributed by atoms with Crippen molar-refractivity contribution >= 4 is 0 Å². The van der Waals surface area contributed by atoms with Gasteiger partial charge in [0.1, 0.15) is 5.54 Å². The second-order valence-corrected chi connectivity index (χ2v) is 4.57. The number of alkyl halides is 3. The zero-order valence-electron chi connectivity index (χ0n) is 8.76. The third-order valence-electron chi connectivity index (χ3n) is 2.84. The molecule has 0 unspecified atom stereocenters. The molecule has 1 fully saturated rings. The van der Waals surface area contributed by atoms with E-state index in [1.807, 2.05) is 13.8 Å². The highest BCUT2D eigenvalue weighted by molar-refractivity contribution is 5.08. The number of rotatable bonds is 4. The zero-order valence-corrected chi connectivity index (χ0v) is 8.76. The van der Waals surface area contributed by atoms with Crippen molar-refractivity contribution in [1.29, 1.82) is 0 Å². The first-order valence-corrected chi connectivity index (χ1v) is 4.73. The van der Waals surface area contributed by atoms with Gasteiger partial charge in [-0.15, -0.1) is 0 Å². The molecule has 0 radical (unpaired) electrons. The van der Waals surface area contributed by atoms with Gasteiger partial charge < -0.3 is 10.6 Å². The summed E-state index contributed by atoms with van der Waals surface area (Å²) in [5, 5.41) is 5.58. The van der Waals surface area contributed by atoms with Crippen LogP contribution in [0.2, 0.25) is 0 Å². The summed E-state index contributed by atoms with van der Waals surface area (Å²) in [6.45, 7) is 4.06. The molecule has 2 N–H and O–H groups in total. The first-order valence-electron chi connectivity index (χ1n) is 4.73. The van der Waals surface area contributed by atoms with Crippen LogP contribution >= 0.6 is 0 Å². The number of hydrogen-bond acceptors (Lipinski definition) is 2. The average molecular weight is 210 g/mol. The van der Waals surface area contributed by atoms with Crippen molar-refractivity contribution in [3.05, 3.63) is 0 Å². The normalized spacial score (nSPS) is 21.0. The quantitative estimate of drug-likeness (QED) is 0.737. The summed E-state index contributed by atoms with van der Waals surface area (Å²) in [5.74, 6) is 0. The summed E-state index contributed by atoms with van der Waals surface area (Å²) in [7, 11) is 1.74. The first kappa shape index (κ1) is 11.8. The molecule has 14 heavy (non-hydrogen) atoms. The van der Waals surface area contributed by atoms with Crippen LogP contribution in [0, 0.1) is 0 Å². The maximum absolute atomic E-state index is 12.5. The largest absolute Gasteiger partial charge is 0.406 e. The van der Waals surface area contributed by atoms with E-state index in [2.05, 4.69) is 10.6 Å². The van der Waals surface area contributed by atoms with Crippen LogP contribution in [-0.4, -0.2) is 30.8 Å². The van der Waals surface area contributed by atoms with E-state index in [1.165, 1.54) is 0 Å². The molecule has 0 spiro atoms. The van der Waals surface area contributed by atoms with Gasteiger partial charge in [0.2, 0.25) is 0 Å². The van der Waals surface area contributed by atoms with Gasteiger partial charge in [0, 0.05) is 12.1 Å². The molecule has 0 aliphatic heterocycles. The number of hydrogen-bond donors (Lipinski definition) is 2. The molecule has 0 atom stereocenters. The minimum Gasteiger partial charge on any atom is -0.314 e. The van der Waals surface area contributed by atoms with Gasteiger partial charge in [0.15, 0.2) is 0 Å². The van der Waals surface area contributed by atoms with Crippen LogP contribution in [0.5, 0.6) is 0 Å². The Morgan fingerprint density at radius 3 is 2.00 bits per heavy atom. The molecular formula is C9H17F3N2. The summed E-state index contributed by atoms with van der Waals surface area (Å²) >= 11 is 0. The van der Waals surface area contributed by atoms with Gasteiger partial charge in [-0.25, -0.2) is 0 Å². The lowest BCUT2D eigenvalue weighted by molar-refractivity contribution is -0.166. The van der Waals surface area contributed by atoms with Crippen LogP contribution in [0.4, 0.5) is 13.2 Å². The van der Waals surface area contributed by atoms with E-state index in [1.54, 1.807) is 7.05 Å². The molecule has 84 valence electrons. The lowest BCUT2D eigenvalue weighted by Crippen LogP contribution is -2.53. The average Bonchev–Trinajstić information content (AvgIpc) is 2.80. The Balaban J connectivity index is 2.46. The van der Waals surface area contributed by atoms with E-state index in [0.29, 0.717) is 6.54 Å². The van der Waals surface area contributed by atoms with E-state index >= 15 is 0 Å². The Kier molecular flexibility index (Phi) is 2.84. The topological polar surface area (TPSA) is 24.1 Å². The molecule has 1 aliphatic rings. The molecule has 5 heteroatoms. The van der Waals surface area contributed by atoms with Crippen LogP contribution < -0.4 is 10.6 Å². The monoisotopic (exact) mass is 210 g/mol. The maximum atomic E-state index is 12.5. The molecule has 1 aliphatic carbocycles. The highest BCUT2D eigenvalue weighted by Crippen LogP contribution is 2.48.